The molecule has 13 heavy (non-hydrogen) atoms. The monoisotopic (exact) mass is 176 g/mol. The molecule has 0 aromatic carbocycles. The van der Waals surface area contributed by atoms with Crippen LogP contribution in [0.25, 0.3) is 0 Å². The summed E-state index contributed by atoms with van der Waals surface area (Å²) in [6, 6.07) is 0.607. The number of aliphatic imine (C=N–C) groups is 2. The second kappa shape index (κ2) is 3.86. The minimum Gasteiger partial charge on any atom is -0.267 e. The van der Waals surface area contributed by atoms with Crippen molar-refractivity contribution in [1.82, 2.24) is 0 Å². The molecule has 2 heteroatoms. The van der Waals surface area contributed by atoms with Crippen molar-refractivity contribution in [3.63, 3.8) is 0 Å². The Labute approximate surface area is 79.5 Å². The van der Waals surface area contributed by atoms with Crippen molar-refractivity contribution in [1.29, 1.82) is 0 Å². The molecule has 0 amide bonds. The van der Waals surface area contributed by atoms with E-state index in [0.29, 0.717) is 6.04 Å². The van der Waals surface area contributed by atoms with Crippen LogP contribution in [0.3, 0.4) is 0 Å². The molecule has 0 aromatic rings. The molecular weight excluding hydrogens is 160 g/mol. The standard InChI is InChI=1S/C11H16N2/c1-9-4-2-3-5-11(12-8-9)13-10-6-7-10/h4,8,10H,2-3,5-7H2,1H3/b9-4-,12-8?,13-11?. The van der Waals surface area contributed by atoms with Gasteiger partial charge in [-0.3, -0.25) is 4.99 Å². The average Bonchev–Trinajstić information content (AvgIpc) is 2.88. The summed E-state index contributed by atoms with van der Waals surface area (Å²) < 4.78 is 0. The van der Waals surface area contributed by atoms with Crippen molar-refractivity contribution in [3.8, 4) is 0 Å². The summed E-state index contributed by atoms with van der Waals surface area (Å²) in [4.78, 5) is 8.98. The molecule has 0 radical (unpaired) electrons. The molecule has 1 fully saturated rings. The summed E-state index contributed by atoms with van der Waals surface area (Å²) in [5.41, 5.74) is 1.27. The predicted molar refractivity (Wildman–Crippen MR) is 56.6 cm³/mol. The first kappa shape index (κ1) is 8.67. The summed E-state index contributed by atoms with van der Waals surface area (Å²) in [6.07, 6.45) is 10.2. The average molecular weight is 176 g/mol. The Hall–Kier alpha value is -0.920. The SMILES string of the molecule is C/C1=C/CCCC(=NC2CC2)N=C1. The summed E-state index contributed by atoms with van der Waals surface area (Å²) in [7, 11) is 0. The number of allylic oxidation sites excluding steroid dienone is 2. The molecular formula is C11H16N2. The molecule has 0 atom stereocenters. The van der Waals surface area contributed by atoms with Gasteiger partial charge in [0.2, 0.25) is 0 Å². The first-order valence-corrected chi connectivity index (χ1v) is 5.12. The highest BCUT2D eigenvalue weighted by Gasteiger charge is 2.20. The third-order valence-electron chi connectivity index (χ3n) is 2.37. The quantitative estimate of drug-likeness (QED) is 0.587. The number of hydrogen-bond donors (Lipinski definition) is 0. The smallest absolute Gasteiger partial charge is 0.123 e. The van der Waals surface area contributed by atoms with E-state index in [4.69, 9.17) is 0 Å². The number of nitrogens with zero attached hydrogens (tertiary/aromatic N) is 2. The van der Waals surface area contributed by atoms with Crippen LogP contribution in [0.4, 0.5) is 0 Å². The van der Waals surface area contributed by atoms with Crippen molar-refractivity contribution >= 4 is 12.1 Å². The van der Waals surface area contributed by atoms with Gasteiger partial charge < -0.3 is 0 Å². The first-order chi connectivity index (χ1) is 6.34. The van der Waals surface area contributed by atoms with E-state index in [1.807, 2.05) is 6.21 Å². The summed E-state index contributed by atoms with van der Waals surface area (Å²) >= 11 is 0. The van der Waals surface area contributed by atoms with Crippen molar-refractivity contribution in [2.24, 2.45) is 9.98 Å². The van der Waals surface area contributed by atoms with Gasteiger partial charge in [-0.15, -0.1) is 0 Å². The van der Waals surface area contributed by atoms with Crippen LogP contribution in [0.15, 0.2) is 21.6 Å². The zero-order valence-corrected chi connectivity index (χ0v) is 8.16. The fourth-order valence-corrected chi connectivity index (χ4v) is 1.40. The fourth-order valence-electron chi connectivity index (χ4n) is 1.40. The molecule has 0 saturated heterocycles. The van der Waals surface area contributed by atoms with Crippen molar-refractivity contribution in [3.05, 3.63) is 11.6 Å². The van der Waals surface area contributed by atoms with E-state index >= 15 is 0 Å². The van der Waals surface area contributed by atoms with Gasteiger partial charge >= 0.3 is 0 Å². The van der Waals surface area contributed by atoms with Gasteiger partial charge in [-0.1, -0.05) is 6.08 Å². The van der Waals surface area contributed by atoms with Gasteiger partial charge in [0.25, 0.3) is 0 Å². The van der Waals surface area contributed by atoms with Crippen LogP contribution in [0.1, 0.15) is 39.0 Å². The molecule has 0 unspecified atom stereocenters. The zero-order chi connectivity index (χ0) is 9.10. The topological polar surface area (TPSA) is 24.7 Å². The molecule has 0 N–H and O–H groups in total. The normalized spacial score (nSPS) is 30.8. The van der Waals surface area contributed by atoms with E-state index in [9.17, 15) is 0 Å². The Morgan fingerprint density at radius 2 is 2.31 bits per heavy atom. The Kier molecular flexibility index (Phi) is 2.57. The molecule has 0 bridgehead atoms. The van der Waals surface area contributed by atoms with Crippen LogP contribution in [0.2, 0.25) is 0 Å². The van der Waals surface area contributed by atoms with Crippen molar-refractivity contribution < 1.29 is 0 Å². The fraction of sp³-hybridized carbons (Fsp3) is 0.636. The van der Waals surface area contributed by atoms with Gasteiger partial charge in [0.1, 0.15) is 5.84 Å². The lowest BCUT2D eigenvalue weighted by molar-refractivity contribution is 0.871. The minimum absolute atomic E-state index is 0.607. The third-order valence-corrected chi connectivity index (χ3v) is 2.37. The van der Waals surface area contributed by atoms with Gasteiger partial charge in [0, 0.05) is 12.6 Å². The molecule has 1 saturated carbocycles. The predicted octanol–water partition coefficient (Wildman–Crippen LogP) is 2.75. The van der Waals surface area contributed by atoms with Crippen LogP contribution in [0.5, 0.6) is 0 Å². The van der Waals surface area contributed by atoms with Crippen LogP contribution in [-0.4, -0.2) is 18.1 Å². The summed E-state index contributed by atoms with van der Waals surface area (Å²) in [6.45, 7) is 2.10. The summed E-state index contributed by atoms with van der Waals surface area (Å²) in [5.74, 6) is 1.06. The van der Waals surface area contributed by atoms with E-state index in [1.165, 1.54) is 31.3 Å². The van der Waals surface area contributed by atoms with E-state index in [1.54, 1.807) is 0 Å². The van der Waals surface area contributed by atoms with Gasteiger partial charge in [-0.25, -0.2) is 4.99 Å². The number of amidine groups is 1. The minimum atomic E-state index is 0.607. The molecule has 70 valence electrons. The second-order valence-electron chi connectivity index (χ2n) is 3.88. The molecule has 0 spiro atoms. The molecule has 1 heterocycles. The third kappa shape index (κ3) is 2.79. The van der Waals surface area contributed by atoms with Gasteiger partial charge in [-0.2, -0.15) is 0 Å². The van der Waals surface area contributed by atoms with Gasteiger partial charge in [-0.05, 0) is 38.2 Å². The van der Waals surface area contributed by atoms with E-state index < -0.39 is 0 Å². The van der Waals surface area contributed by atoms with Gasteiger partial charge in [0.15, 0.2) is 0 Å². The van der Waals surface area contributed by atoms with Crippen LogP contribution >= 0.6 is 0 Å². The highest BCUT2D eigenvalue weighted by molar-refractivity contribution is 5.94. The Morgan fingerprint density at radius 1 is 1.46 bits per heavy atom. The van der Waals surface area contributed by atoms with Crippen LogP contribution < -0.4 is 0 Å². The maximum atomic E-state index is 4.58. The highest BCUT2D eigenvalue weighted by Crippen LogP contribution is 2.24. The largest absolute Gasteiger partial charge is 0.267 e. The molecule has 1 aliphatic heterocycles. The van der Waals surface area contributed by atoms with Crippen LogP contribution in [-0.2, 0) is 0 Å². The number of rotatable bonds is 1. The Bertz CT molecular complexity index is 270. The van der Waals surface area contributed by atoms with Crippen LogP contribution in [0, 0.1) is 0 Å². The maximum absolute atomic E-state index is 4.58. The van der Waals surface area contributed by atoms with E-state index in [2.05, 4.69) is 23.0 Å². The maximum Gasteiger partial charge on any atom is 0.123 e. The highest BCUT2D eigenvalue weighted by atomic mass is 15.0. The molecule has 2 nitrogen and oxygen atoms in total. The summed E-state index contributed by atoms with van der Waals surface area (Å²) in [5, 5.41) is 0. The number of hydrogen-bond acceptors (Lipinski definition) is 1. The van der Waals surface area contributed by atoms with E-state index in [0.717, 1.165) is 12.3 Å². The molecule has 1 aliphatic carbocycles. The molecule has 2 rings (SSSR count). The lowest BCUT2D eigenvalue weighted by Crippen LogP contribution is -1.99. The molecule has 2 aliphatic rings. The second-order valence-corrected chi connectivity index (χ2v) is 3.88. The first-order valence-electron chi connectivity index (χ1n) is 5.12. The van der Waals surface area contributed by atoms with Crippen molar-refractivity contribution in [2.75, 3.05) is 0 Å². The lowest BCUT2D eigenvalue weighted by Gasteiger charge is -2.03. The Balaban J connectivity index is 2.06. The van der Waals surface area contributed by atoms with Crippen molar-refractivity contribution in [2.45, 2.75) is 45.1 Å². The van der Waals surface area contributed by atoms with E-state index in [-0.39, 0.29) is 0 Å². The Morgan fingerprint density at radius 3 is 3.08 bits per heavy atom. The molecule has 0 aromatic heterocycles. The lowest BCUT2D eigenvalue weighted by atomic mass is 10.1. The zero-order valence-electron chi connectivity index (χ0n) is 8.16. The van der Waals surface area contributed by atoms with Gasteiger partial charge in [0.05, 0.1) is 6.04 Å².